The molecule has 18 heavy (non-hydrogen) atoms. The molecule has 0 aromatic carbocycles. The van der Waals surface area contributed by atoms with E-state index in [9.17, 15) is 4.79 Å². The van der Waals surface area contributed by atoms with Gasteiger partial charge in [0.2, 0.25) is 0 Å². The van der Waals surface area contributed by atoms with Gasteiger partial charge in [-0.2, -0.15) is 0 Å². The molecule has 1 heteroatoms. The Labute approximate surface area is 115 Å². The molecule has 0 aromatic rings. The Morgan fingerprint density at radius 1 is 1.17 bits per heavy atom. The molecule has 0 saturated heterocycles. The van der Waals surface area contributed by atoms with Gasteiger partial charge in [0.25, 0.3) is 0 Å². The van der Waals surface area contributed by atoms with Crippen molar-refractivity contribution in [3.63, 3.8) is 0 Å². The van der Waals surface area contributed by atoms with E-state index in [2.05, 4.69) is 20.4 Å². The van der Waals surface area contributed by atoms with Crippen LogP contribution in [-0.2, 0) is 4.79 Å². The summed E-state index contributed by atoms with van der Waals surface area (Å²) in [7, 11) is 0. The predicted octanol–water partition coefficient (Wildman–Crippen LogP) is 5.73. The lowest BCUT2D eigenvalue weighted by molar-refractivity contribution is -0.113. The Hall–Kier alpha value is -1.11. The van der Waals surface area contributed by atoms with Gasteiger partial charge in [0.05, 0.1) is 0 Å². The summed E-state index contributed by atoms with van der Waals surface area (Å²) < 4.78 is 0. The van der Waals surface area contributed by atoms with Gasteiger partial charge in [-0.05, 0) is 26.2 Å². The molecule has 1 unspecified atom stereocenters. The highest BCUT2D eigenvalue weighted by molar-refractivity contribution is 5.95. The van der Waals surface area contributed by atoms with Gasteiger partial charge in [0, 0.05) is 5.57 Å². The summed E-state index contributed by atoms with van der Waals surface area (Å²) in [5, 5.41) is 0. The van der Waals surface area contributed by atoms with Crippen LogP contribution in [0.3, 0.4) is 0 Å². The second-order valence-corrected chi connectivity index (χ2v) is 3.52. The number of hydrogen-bond acceptors (Lipinski definition) is 1. The van der Waals surface area contributed by atoms with Crippen molar-refractivity contribution in [1.82, 2.24) is 0 Å². The van der Waals surface area contributed by atoms with Gasteiger partial charge in [-0.1, -0.05) is 71.9 Å². The summed E-state index contributed by atoms with van der Waals surface area (Å²) in [5.74, 6) is 0.581. The smallest absolute Gasteiger partial charge is 0.159 e. The molecule has 0 aliphatic carbocycles. The molecule has 0 heterocycles. The number of rotatable bonds is 5. The maximum absolute atomic E-state index is 11.1. The number of ketones is 1. The normalized spacial score (nSPS) is 11.9. The van der Waals surface area contributed by atoms with Crippen LogP contribution < -0.4 is 0 Å². The minimum atomic E-state index is 0.0979. The van der Waals surface area contributed by atoms with Crippen LogP contribution in [-0.4, -0.2) is 5.78 Å². The van der Waals surface area contributed by atoms with E-state index in [0.717, 1.165) is 17.6 Å². The highest BCUT2D eigenvalue weighted by Crippen LogP contribution is 2.14. The van der Waals surface area contributed by atoms with E-state index < -0.39 is 0 Å². The van der Waals surface area contributed by atoms with Crippen molar-refractivity contribution in [2.24, 2.45) is 5.92 Å². The van der Waals surface area contributed by atoms with E-state index in [1.807, 2.05) is 52.8 Å². The van der Waals surface area contributed by atoms with Gasteiger partial charge in [-0.3, -0.25) is 4.79 Å². The van der Waals surface area contributed by atoms with Crippen LogP contribution >= 0.6 is 0 Å². The zero-order valence-electron chi connectivity index (χ0n) is 13.6. The van der Waals surface area contributed by atoms with E-state index >= 15 is 0 Å². The van der Waals surface area contributed by atoms with Gasteiger partial charge < -0.3 is 0 Å². The fourth-order valence-corrected chi connectivity index (χ4v) is 1.04. The first-order valence-corrected chi connectivity index (χ1v) is 7.07. The Morgan fingerprint density at radius 3 is 1.89 bits per heavy atom. The molecule has 0 aliphatic heterocycles. The van der Waals surface area contributed by atoms with Crippen LogP contribution in [0.15, 0.2) is 36.0 Å². The van der Waals surface area contributed by atoms with E-state index in [4.69, 9.17) is 0 Å². The Morgan fingerprint density at radius 2 is 1.61 bits per heavy atom. The van der Waals surface area contributed by atoms with Gasteiger partial charge in [-0.25, -0.2) is 0 Å². The number of Topliss-reactive ketones (excluding diaryl/α,β-unsaturated/α-hetero) is 1. The van der Waals surface area contributed by atoms with Crippen molar-refractivity contribution in [2.75, 3.05) is 0 Å². The van der Waals surface area contributed by atoms with Gasteiger partial charge in [-0.15, -0.1) is 0 Å². The van der Waals surface area contributed by atoms with Crippen molar-refractivity contribution >= 4 is 5.78 Å². The molecular weight excluding hydrogens is 220 g/mol. The zero-order valence-corrected chi connectivity index (χ0v) is 13.6. The second-order valence-electron chi connectivity index (χ2n) is 3.52. The van der Waals surface area contributed by atoms with Crippen molar-refractivity contribution in [2.45, 2.75) is 61.8 Å². The van der Waals surface area contributed by atoms with Crippen LogP contribution in [0.5, 0.6) is 0 Å². The Kier molecular flexibility index (Phi) is 19.5. The largest absolute Gasteiger partial charge is 0.295 e. The molecule has 0 bridgehead atoms. The lowest BCUT2D eigenvalue weighted by atomic mass is 9.98. The van der Waals surface area contributed by atoms with Crippen molar-refractivity contribution < 1.29 is 4.79 Å². The number of allylic oxidation sites excluding steroid dienone is 5. The molecule has 0 spiro atoms. The molecule has 0 N–H and O–H groups in total. The highest BCUT2D eigenvalue weighted by atomic mass is 16.1. The molecule has 0 rings (SSSR count). The summed E-state index contributed by atoms with van der Waals surface area (Å²) in [6.07, 6.45) is 6.68. The minimum Gasteiger partial charge on any atom is -0.295 e. The molecule has 0 fully saturated rings. The zero-order chi connectivity index (χ0) is 15.1. The summed E-state index contributed by atoms with van der Waals surface area (Å²) in [4.78, 5) is 11.1. The molecule has 0 radical (unpaired) electrons. The lowest BCUT2D eigenvalue weighted by Crippen LogP contribution is -1.95. The third-order valence-corrected chi connectivity index (χ3v) is 2.44. The van der Waals surface area contributed by atoms with E-state index in [1.165, 1.54) is 0 Å². The topological polar surface area (TPSA) is 17.1 Å². The molecule has 1 nitrogen and oxygen atoms in total. The molecule has 0 aromatic heterocycles. The molecule has 0 saturated carbocycles. The molecule has 0 aliphatic rings. The molecular formula is C17H32O. The monoisotopic (exact) mass is 252 g/mol. The third kappa shape index (κ3) is 11.4. The second kappa shape index (κ2) is 15.9. The van der Waals surface area contributed by atoms with E-state index in [0.29, 0.717) is 5.92 Å². The Balaban J connectivity index is -0.000000506. The highest BCUT2D eigenvalue weighted by Gasteiger charge is 2.01. The lowest BCUT2D eigenvalue weighted by Gasteiger charge is -2.07. The quantitative estimate of drug-likeness (QED) is 0.451. The summed E-state index contributed by atoms with van der Waals surface area (Å²) in [6.45, 7) is 19.7. The Bertz CT molecular complexity index is 269. The number of carbonyl (C=O) groups excluding carboxylic acids is 1. The maximum Gasteiger partial charge on any atom is 0.159 e. The SMILES string of the molecule is C=C(/C=C\C(=C/C)C(C)=O)C(C)CC.CC.CC. The number of carbonyl (C=O) groups is 1. The van der Waals surface area contributed by atoms with Gasteiger partial charge >= 0.3 is 0 Å². The van der Waals surface area contributed by atoms with Crippen molar-refractivity contribution in [3.8, 4) is 0 Å². The fourth-order valence-electron chi connectivity index (χ4n) is 1.04. The first-order chi connectivity index (χ1) is 8.52. The average Bonchev–Trinajstić information content (AvgIpc) is 2.42. The summed E-state index contributed by atoms with van der Waals surface area (Å²) >= 11 is 0. The third-order valence-electron chi connectivity index (χ3n) is 2.44. The van der Waals surface area contributed by atoms with Crippen LogP contribution in [0.2, 0.25) is 0 Å². The van der Waals surface area contributed by atoms with Crippen molar-refractivity contribution in [1.29, 1.82) is 0 Å². The van der Waals surface area contributed by atoms with Gasteiger partial charge in [0.15, 0.2) is 5.78 Å². The predicted molar refractivity (Wildman–Crippen MR) is 84.9 cm³/mol. The average molecular weight is 252 g/mol. The number of hydrogen-bond donors (Lipinski definition) is 0. The van der Waals surface area contributed by atoms with Crippen LogP contribution in [0.1, 0.15) is 61.8 Å². The summed E-state index contributed by atoms with van der Waals surface area (Å²) in [5.41, 5.74) is 1.82. The first-order valence-electron chi connectivity index (χ1n) is 7.07. The summed E-state index contributed by atoms with van der Waals surface area (Å²) in [6, 6.07) is 0. The molecule has 106 valence electrons. The van der Waals surface area contributed by atoms with Gasteiger partial charge in [0.1, 0.15) is 0 Å². The van der Waals surface area contributed by atoms with Crippen molar-refractivity contribution in [3.05, 3.63) is 36.0 Å². The first kappa shape index (κ1) is 22.1. The minimum absolute atomic E-state index is 0.0979. The standard InChI is InChI=1S/C13H20O.2C2H6/c1-6-10(3)11(4)8-9-13(7-2)12(5)14;2*1-2/h7-10H,4,6H2,1-3,5H3;2*1-2H3/b9-8-,13-7+;;. The molecule has 1 atom stereocenters. The van der Waals surface area contributed by atoms with Crippen LogP contribution in [0, 0.1) is 5.92 Å². The van der Waals surface area contributed by atoms with Crippen LogP contribution in [0.25, 0.3) is 0 Å². The van der Waals surface area contributed by atoms with Crippen LogP contribution in [0.4, 0.5) is 0 Å². The van der Waals surface area contributed by atoms with E-state index in [1.54, 1.807) is 6.92 Å². The fraction of sp³-hybridized carbons (Fsp3) is 0.588. The maximum atomic E-state index is 11.1. The molecule has 0 amide bonds. The van der Waals surface area contributed by atoms with E-state index in [-0.39, 0.29) is 5.78 Å².